The molecule has 1 N–H and O–H groups in total. The highest BCUT2D eigenvalue weighted by Crippen LogP contribution is 2.28. The zero-order valence-electron chi connectivity index (χ0n) is 18.6. The molecule has 4 aromatic rings. The Hall–Kier alpha value is -3.94. The van der Waals surface area contributed by atoms with E-state index in [4.69, 9.17) is 4.42 Å². The lowest BCUT2D eigenvalue weighted by atomic mass is 10.0. The lowest BCUT2D eigenvalue weighted by Gasteiger charge is -2.32. The van der Waals surface area contributed by atoms with Gasteiger partial charge < -0.3 is 14.6 Å². The molecule has 0 unspecified atom stereocenters. The molecule has 3 aromatic heterocycles. The minimum absolute atomic E-state index is 0.0398. The molecular weight excluding hydrogens is 418 g/mol. The summed E-state index contributed by atoms with van der Waals surface area (Å²) in [4.78, 5) is 32.6. The number of likely N-dealkylation sites (tertiary alicyclic amines) is 1. The fraction of sp³-hybridized carbons (Fsp3) is 0.280. The summed E-state index contributed by atoms with van der Waals surface area (Å²) in [7, 11) is 1.82. The summed E-state index contributed by atoms with van der Waals surface area (Å²) in [5, 5.41) is 8.33. The number of carbonyl (C=O) groups is 2. The molecule has 0 saturated carbocycles. The molecule has 1 aliphatic heterocycles. The van der Waals surface area contributed by atoms with Crippen LogP contribution in [0.25, 0.3) is 22.5 Å². The number of hydrogen-bond donors (Lipinski definition) is 1. The van der Waals surface area contributed by atoms with Crippen molar-refractivity contribution in [3.8, 4) is 11.5 Å². The Morgan fingerprint density at radius 1 is 1.09 bits per heavy atom. The molecule has 5 rings (SSSR count). The number of furan rings is 1. The second-order valence-electron chi connectivity index (χ2n) is 8.35. The van der Waals surface area contributed by atoms with E-state index in [2.05, 4.69) is 15.4 Å². The highest BCUT2D eigenvalue weighted by Gasteiger charge is 2.28. The Kier molecular flexibility index (Phi) is 5.42. The number of aryl methyl sites for hydroxylation is 2. The SMILES string of the molecule is Cc1nn(C)c2nc(-c3ccco3)cc(C(=O)N3CCC(NC(=O)c4ccccc4)CC3)c12. The molecular formula is C25H25N5O3. The molecule has 1 aromatic carbocycles. The van der Waals surface area contributed by atoms with Crippen LogP contribution in [0.1, 0.15) is 39.3 Å². The van der Waals surface area contributed by atoms with E-state index in [1.807, 2.05) is 43.1 Å². The lowest BCUT2D eigenvalue weighted by Crippen LogP contribution is -2.46. The van der Waals surface area contributed by atoms with Crippen LogP contribution < -0.4 is 5.32 Å². The Morgan fingerprint density at radius 2 is 1.85 bits per heavy atom. The molecule has 8 heteroatoms. The number of hydrogen-bond acceptors (Lipinski definition) is 5. The number of amides is 2. The number of rotatable bonds is 4. The predicted molar refractivity (Wildman–Crippen MR) is 124 cm³/mol. The van der Waals surface area contributed by atoms with E-state index in [1.54, 1.807) is 35.2 Å². The van der Waals surface area contributed by atoms with Crippen LogP contribution in [-0.2, 0) is 7.05 Å². The van der Waals surface area contributed by atoms with E-state index in [1.165, 1.54) is 0 Å². The molecule has 0 bridgehead atoms. The summed E-state index contributed by atoms with van der Waals surface area (Å²) in [5.41, 5.74) is 3.23. The summed E-state index contributed by atoms with van der Waals surface area (Å²) in [5.74, 6) is 0.469. The first-order valence-electron chi connectivity index (χ1n) is 11.0. The third-order valence-electron chi connectivity index (χ3n) is 6.13. The van der Waals surface area contributed by atoms with Crippen molar-refractivity contribution in [3.05, 3.63) is 71.6 Å². The van der Waals surface area contributed by atoms with Crippen LogP contribution in [0.4, 0.5) is 0 Å². The predicted octanol–water partition coefficient (Wildman–Crippen LogP) is 3.57. The maximum Gasteiger partial charge on any atom is 0.254 e. The van der Waals surface area contributed by atoms with Crippen molar-refractivity contribution in [2.24, 2.45) is 7.05 Å². The molecule has 1 fully saturated rings. The number of nitrogens with zero attached hydrogens (tertiary/aromatic N) is 4. The zero-order valence-corrected chi connectivity index (χ0v) is 18.6. The van der Waals surface area contributed by atoms with E-state index < -0.39 is 0 Å². The van der Waals surface area contributed by atoms with Crippen molar-refractivity contribution in [3.63, 3.8) is 0 Å². The van der Waals surface area contributed by atoms with Gasteiger partial charge in [-0.2, -0.15) is 5.10 Å². The van der Waals surface area contributed by atoms with Crippen molar-refractivity contribution < 1.29 is 14.0 Å². The van der Waals surface area contributed by atoms with E-state index in [-0.39, 0.29) is 17.9 Å². The smallest absolute Gasteiger partial charge is 0.254 e. The summed E-state index contributed by atoms with van der Waals surface area (Å²) < 4.78 is 7.22. The molecule has 1 saturated heterocycles. The minimum Gasteiger partial charge on any atom is -0.463 e. The zero-order chi connectivity index (χ0) is 22.9. The van der Waals surface area contributed by atoms with Gasteiger partial charge in [0.15, 0.2) is 11.4 Å². The maximum absolute atomic E-state index is 13.6. The quantitative estimate of drug-likeness (QED) is 0.520. The van der Waals surface area contributed by atoms with Gasteiger partial charge in [0.2, 0.25) is 0 Å². The molecule has 2 amide bonds. The second-order valence-corrected chi connectivity index (χ2v) is 8.35. The fourth-order valence-corrected chi connectivity index (χ4v) is 4.42. The number of pyridine rings is 1. The minimum atomic E-state index is -0.0784. The highest BCUT2D eigenvalue weighted by atomic mass is 16.3. The highest BCUT2D eigenvalue weighted by molar-refractivity contribution is 6.07. The summed E-state index contributed by atoms with van der Waals surface area (Å²) >= 11 is 0. The Balaban J connectivity index is 1.36. The number of nitrogens with one attached hydrogen (secondary N) is 1. The molecule has 33 heavy (non-hydrogen) atoms. The van der Waals surface area contributed by atoms with E-state index in [9.17, 15) is 9.59 Å². The normalized spacial score (nSPS) is 14.5. The Labute approximate surface area is 191 Å². The molecule has 0 spiro atoms. The second kappa shape index (κ2) is 8.54. The van der Waals surface area contributed by atoms with Gasteiger partial charge in [0, 0.05) is 31.7 Å². The largest absolute Gasteiger partial charge is 0.463 e. The first kappa shape index (κ1) is 20.9. The van der Waals surface area contributed by atoms with E-state index in [0.29, 0.717) is 54.2 Å². The average Bonchev–Trinajstić information content (AvgIpc) is 3.48. The van der Waals surface area contributed by atoms with Crippen LogP contribution in [0.5, 0.6) is 0 Å². The molecule has 0 radical (unpaired) electrons. The van der Waals surface area contributed by atoms with Crippen LogP contribution in [0.3, 0.4) is 0 Å². The Morgan fingerprint density at radius 3 is 2.55 bits per heavy atom. The molecule has 8 nitrogen and oxygen atoms in total. The van der Waals surface area contributed by atoms with Crippen LogP contribution >= 0.6 is 0 Å². The third-order valence-corrected chi connectivity index (χ3v) is 6.13. The van der Waals surface area contributed by atoms with Crippen molar-refractivity contribution in [1.82, 2.24) is 25.0 Å². The number of fused-ring (bicyclic) bond motifs is 1. The number of carbonyl (C=O) groups excluding carboxylic acids is 2. The van der Waals surface area contributed by atoms with Crippen LogP contribution in [0.2, 0.25) is 0 Å². The third kappa shape index (κ3) is 4.00. The van der Waals surface area contributed by atoms with Gasteiger partial charge in [0.25, 0.3) is 11.8 Å². The van der Waals surface area contributed by atoms with Crippen LogP contribution in [0.15, 0.2) is 59.2 Å². The molecule has 168 valence electrons. The van der Waals surface area contributed by atoms with Gasteiger partial charge in [0.1, 0.15) is 5.69 Å². The van der Waals surface area contributed by atoms with Gasteiger partial charge in [0.05, 0.1) is 22.9 Å². The van der Waals surface area contributed by atoms with Gasteiger partial charge in [-0.1, -0.05) is 18.2 Å². The Bertz CT molecular complexity index is 1300. The van der Waals surface area contributed by atoms with Gasteiger partial charge in [-0.25, -0.2) is 4.98 Å². The van der Waals surface area contributed by atoms with E-state index in [0.717, 1.165) is 11.1 Å². The van der Waals surface area contributed by atoms with Crippen molar-refractivity contribution in [2.45, 2.75) is 25.8 Å². The van der Waals surface area contributed by atoms with Crippen LogP contribution in [-0.4, -0.2) is 50.6 Å². The van der Waals surface area contributed by atoms with E-state index >= 15 is 0 Å². The summed E-state index contributed by atoms with van der Waals surface area (Å²) in [6.45, 7) is 3.02. The standard InChI is InChI=1S/C25H25N5O3/c1-16-22-19(15-20(21-9-6-14-33-21)27-23(22)29(2)28-16)25(32)30-12-10-18(11-13-30)26-24(31)17-7-4-3-5-8-17/h3-9,14-15,18H,10-13H2,1-2H3,(H,26,31). The molecule has 4 heterocycles. The number of piperidine rings is 1. The first-order valence-corrected chi connectivity index (χ1v) is 11.0. The average molecular weight is 444 g/mol. The monoisotopic (exact) mass is 443 g/mol. The summed E-state index contributed by atoms with van der Waals surface area (Å²) in [6.07, 6.45) is 3.00. The topological polar surface area (TPSA) is 93.3 Å². The maximum atomic E-state index is 13.6. The van der Waals surface area contributed by atoms with Crippen molar-refractivity contribution in [1.29, 1.82) is 0 Å². The number of aromatic nitrogens is 3. The van der Waals surface area contributed by atoms with Gasteiger partial charge in [-0.15, -0.1) is 0 Å². The van der Waals surface area contributed by atoms with Gasteiger partial charge >= 0.3 is 0 Å². The van der Waals surface area contributed by atoms with Crippen LogP contribution in [0, 0.1) is 6.92 Å². The van der Waals surface area contributed by atoms with Gasteiger partial charge in [-0.05, 0) is 50.1 Å². The fourth-order valence-electron chi connectivity index (χ4n) is 4.42. The van der Waals surface area contributed by atoms with Crippen molar-refractivity contribution in [2.75, 3.05) is 13.1 Å². The van der Waals surface area contributed by atoms with Gasteiger partial charge in [-0.3, -0.25) is 14.3 Å². The summed E-state index contributed by atoms with van der Waals surface area (Å²) in [6, 6.07) is 14.6. The van der Waals surface area contributed by atoms with Crippen molar-refractivity contribution >= 4 is 22.8 Å². The number of benzene rings is 1. The molecule has 1 aliphatic rings. The first-order chi connectivity index (χ1) is 16.0. The lowest BCUT2D eigenvalue weighted by molar-refractivity contribution is 0.0700. The molecule has 0 aliphatic carbocycles. The molecule has 0 atom stereocenters.